The van der Waals surface area contributed by atoms with Crippen molar-refractivity contribution in [1.82, 2.24) is 0 Å². The number of aliphatic imine (C=N–C) groups is 1. The van der Waals surface area contributed by atoms with E-state index in [1.54, 1.807) is 11.3 Å². The summed E-state index contributed by atoms with van der Waals surface area (Å²) in [5, 5.41) is 3.50. The average Bonchev–Trinajstić information content (AvgIpc) is 2.77. The van der Waals surface area contributed by atoms with E-state index in [1.165, 1.54) is 27.8 Å². The molecule has 1 aromatic carbocycles. The van der Waals surface area contributed by atoms with Crippen LogP contribution in [-0.2, 0) is 0 Å². The van der Waals surface area contributed by atoms with Crippen molar-refractivity contribution < 1.29 is 0 Å². The molecule has 3 rings (SSSR count). The Kier molecular flexibility index (Phi) is 2.52. The zero-order chi connectivity index (χ0) is 11.0. The molecule has 0 N–H and O–H groups in total. The molecule has 0 saturated heterocycles. The molecular formula is C14H15NS. The summed E-state index contributed by atoms with van der Waals surface area (Å²) in [5.74, 6) is 0.758. The molecule has 82 valence electrons. The minimum atomic E-state index is 0.758. The largest absolute Gasteiger partial charge is 0.289 e. The van der Waals surface area contributed by atoms with Gasteiger partial charge in [-0.25, -0.2) is 0 Å². The van der Waals surface area contributed by atoms with E-state index in [0.29, 0.717) is 0 Å². The Morgan fingerprint density at radius 3 is 3.06 bits per heavy atom. The molecule has 1 atom stereocenters. The van der Waals surface area contributed by atoms with Gasteiger partial charge in [0.15, 0.2) is 0 Å². The van der Waals surface area contributed by atoms with Gasteiger partial charge in [-0.05, 0) is 53.3 Å². The van der Waals surface area contributed by atoms with Crippen LogP contribution in [0, 0.1) is 5.92 Å². The van der Waals surface area contributed by atoms with Gasteiger partial charge in [-0.3, -0.25) is 4.99 Å². The highest BCUT2D eigenvalue weighted by atomic mass is 32.1. The van der Waals surface area contributed by atoms with Crippen LogP contribution >= 0.6 is 11.3 Å². The summed E-state index contributed by atoms with van der Waals surface area (Å²) in [6.45, 7) is 3.28. The van der Waals surface area contributed by atoms with Crippen molar-refractivity contribution in [2.45, 2.75) is 19.8 Å². The summed E-state index contributed by atoms with van der Waals surface area (Å²) in [4.78, 5) is 4.69. The summed E-state index contributed by atoms with van der Waals surface area (Å²) in [7, 11) is 0. The molecule has 1 aliphatic rings. The third kappa shape index (κ3) is 1.78. The number of thiophene rings is 1. The topological polar surface area (TPSA) is 12.4 Å². The molecule has 0 saturated carbocycles. The summed E-state index contributed by atoms with van der Waals surface area (Å²) >= 11 is 1.80. The van der Waals surface area contributed by atoms with Gasteiger partial charge < -0.3 is 0 Å². The van der Waals surface area contributed by atoms with Crippen LogP contribution in [0.25, 0.3) is 10.1 Å². The van der Waals surface area contributed by atoms with Gasteiger partial charge in [0.1, 0.15) is 0 Å². The lowest BCUT2D eigenvalue weighted by atomic mass is 9.95. The van der Waals surface area contributed by atoms with Crippen molar-refractivity contribution in [3.8, 4) is 0 Å². The Morgan fingerprint density at radius 2 is 2.25 bits per heavy atom. The minimum Gasteiger partial charge on any atom is -0.289 e. The minimum absolute atomic E-state index is 0.758. The molecule has 0 unspecified atom stereocenters. The fourth-order valence-electron chi connectivity index (χ4n) is 2.20. The normalized spacial score (nSPS) is 21.1. The molecule has 0 fully saturated rings. The second kappa shape index (κ2) is 4.02. The standard InChI is InChI=1S/C14H15NS/c1-10-2-4-13(15-9-10)11-3-5-14-12(8-11)6-7-16-14/h3,5-8,10H,2,4,9H2,1H3/t10-/m0/s1. The first-order valence-corrected chi connectivity index (χ1v) is 6.72. The van der Waals surface area contributed by atoms with Crippen LogP contribution in [0.4, 0.5) is 0 Å². The second-order valence-electron chi connectivity index (χ2n) is 4.60. The molecule has 2 heterocycles. The van der Waals surface area contributed by atoms with Crippen LogP contribution in [0.1, 0.15) is 25.3 Å². The van der Waals surface area contributed by atoms with Crippen molar-refractivity contribution in [3.63, 3.8) is 0 Å². The third-order valence-electron chi connectivity index (χ3n) is 3.25. The van der Waals surface area contributed by atoms with E-state index < -0.39 is 0 Å². The summed E-state index contributed by atoms with van der Waals surface area (Å²) < 4.78 is 1.37. The average molecular weight is 229 g/mol. The highest BCUT2D eigenvalue weighted by Gasteiger charge is 2.13. The first kappa shape index (κ1) is 10.0. The lowest BCUT2D eigenvalue weighted by molar-refractivity contribution is 0.538. The van der Waals surface area contributed by atoms with E-state index in [1.807, 2.05) is 0 Å². The van der Waals surface area contributed by atoms with Gasteiger partial charge in [0.05, 0.1) is 0 Å². The maximum absolute atomic E-state index is 4.69. The molecule has 2 heteroatoms. The summed E-state index contributed by atoms with van der Waals surface area (Å²) in [5.41, 5.74) is 2.61. The quantitative estimate of drug-likeness (QED) is 0.697. The number of benzene rings is 1. The number of fused-ring (bicyclic) bond motifs is 1. The maximum atomic E-state index is 4.69. The van der Waals surface area contributed by atoms with Crippen LogP contribution in [0.2, 0.25) is 0 Å². The predicted molar refractivity (Wildman–Crippen MR) is 71.6 cm³/mol. The van der Waals surface area contributed by atoms with Gasteiger partial charge in [-0.2, -0.15) is 0 Å². The molecule has 0 bridgehead atoms. The molecule has 1 nitrogen and oxygen atoms in total. The Bertz CT molecular complexity index is 538. The summed E-state index contributed by atoms with van der Waals surface area (Å²) in [6.07, 6.45) is 2.41. The summed E-state index contributed by atoms with van der Waals surface area (Å²) in [6, 6.07) is 8.90. The smallest absolute Gasteiger partial charge is 0.0421 e. The molecule has 0 amide bonds. The predicted octanol–water partition coefficient (Wildman–Crippen LogP) is 4.12. The van der Waals surface area contributed by atoms with E-state index in [4.69, 9.17) is 4.99 Å². The fraction of sp³-hybridized carbons (Fsp3) is 0.357. The molecule has 2 aromatic rings. The molecule has 1 aliphatic heterocycles. The SMILES string of the molecule is C[C@H]1CCC(c2ccc3sccc3c2)=NC1. The van der Waals surface area contributed by atoms with Crippen LogP contribution in [0.15, 0.2) is 34.6 Å². The van der Waals surface area contributed by atoms with Gasteiger partial charge in [0.25, 0.3) is 0 Å². The number of hydrogen-bond acceptors (Lipinski definition) is 2. The first-order chi connectivity index (χ1) is 7.83. The number of rotatable bonds is 1. The lowest BCUT2D eigenvalue weighted by Crippen LogP contribution is -2.14. The maximum Gasteiger partial charge on any atom is 0.0421 e. The van der Waals surface area contributed by atoms with Crippen molar-refractivity contribution in [3.05, 3.63) is 35.2 Å². The zero-order valence-electron chi connectivity index (χ0n) is 9.44. The molecule has 16 heavy (non-hydrogen) atoms. The van der Waals surface area contributed by atoms with Crippen molar-refractivity contribution in [2.24, 2.45) is 10.9 Å². The van der Waals surface area contributed by atoms with Crippen LogP contribution in [0.3, 0.4) is 0 Å². The van der Waals surface area contributed by atoms with Crippen molar-refractivity contribution >= 4 is 27.1 Å². The molecule has 0 radical (unpaired) electrons. The molecular weight excluding hydrogens is 214 g/mol. The van der Waals surface area contributed by atoms with Gasteiger partial charge in [0, 0.05) is 17.0 Å². The van der Waals surface area contributed by atoms with Crippen molar-refractivity contribution in [1.29, 1.82) is 0 Å². The van der Waals surface area contributed by atoms with E-state index in [2.05, 4.69) is 36.6 Å². The monoisotopic (exact) mass is 229 g/mol. The van der Waals surface area contributed by atoms with Crippen LogP contribution < -0.4 is 0 Å². The lowest BCUT2D eigenvalue weighted by Gasteiger charge is -2.17. The molecule has 0 spiro atoms. The second-order valence-corrected chi connectivity index (χ2v) is 5.55. The Hall–Kier alpha value is -1.15. The highest BCUT2D eigenvalue weighted by Crippen LogP contribution is 2.24. The fourth-order valence-corrected chi connectivity index (χ4v) is 2.97. The van der Waals surface area contributed by atoms with E-state index in [-0.39, 0.29) is 0 Å². The van der Waals surface area contributed by atoms with Gasteiger partial charge in [-0.1, -0.05) is 13.0 Å². The van der Waals surface area contributed by atoms with E-state index >= 15 is 0 Å². The van der Waals surface area contributed by atoms with E-state index in [0.717, 1.165) is 18.9 Å². The van der Waals surface area contributed by atoms with Gasteiger partial charge in [0.2, 0.25) is 0 Å². The zero-order valence-corrected chi connectivity index (χ0v) is 10.3. The Balaban J connectivity index is 1.99. The Labute approximate surface area is 99.8 Å². The first-order valence-electron chi connectivity index (χ1n) is 5.84. The number of hydrogen-bond donors (Lipinski definition) is 0. The third-order valence-corrected chi connectivity index (χ3v) is 4.15. The van der Waals surface area contributed by atoms with Crippen LogP contribution in [0.5, 0.6) is 0 Å². The van der Waals surface area contributed by atoms with Gasteiger partial charge >= 0.3 is 0 Å². The van der Waals surface area contributed by atoms with Crippen molar-refractivity contribution in [2.75, 3.05) is 6.54 Å². The Morgan fingerprint density at radius 1 is 1.31 bits per heavy atom. The van der Waals surface area contributed by atoms with Crippen LogP contribution in [-0.4, -0.2) is 12.3 Å². The highest BCUT2D eigenvalue weighted by molar-refractivity contribution is 7.17. The molecule has 1 aromatic heterocycles. The molecule has 0 aliphatic carbocycles. The van der Waals surface area contributed by atoms with E-state index in [9.17, 15) is 0 Å². The van der Waals surface area contributed by atoms with Gasteiger partial charge in [-0.15, -0.1) is 11.3 Å². The number of nitrogens with zero attached hydrogens (tertiary/aromatic N) is 1.